The molecule has 0 atom stereocenters. The number of benzene rings is 2. The Balaban J connectivity index is 1.81. The molecule has 0 spiro atoms. The van der Waals surface area contributed by atoms with Crippen molar-refractivity contribution in [3.05, 3.63) is 65.5 Å². The molecule has 0 unspecified atom stereocenters. The number of rotatable bonds is 8. The maximum atomic E-state index is 13.5. The van der Waals surface area contributed by atoms with Crippen LogP contribution in [-0.4, -0.2) is 13.2 Å². The minimum Gasteiger partial charge on any atom is -0.493 e. The summed E-state index contributed by atoms with van der Waals surface area (Å²) in [6.07, 6.45) is 1.89. The Kier molecular flexibility index (Phi) is 6.22. The first kappa shape index (κ1) is 15.5. The quantitative estimate of drug-likeness (QED) is 0.742. The predicted octanol–water partition coefficient (Wildman–Crippen LogP) is 3.95. The first-order valence-electron chi connectivity index (χ1n) is 7.45. The Labute approximate surface area is 126 Å². The molecule has 2 aromatic rings. The number of aryl methyl sites for hydroxylation is 1. The Morgan fingerprint density at radius 1 is 1.05 bits per heavy atom. The average molecular weight is 287 g/mol. The summed E-state index contributed by atoms with van der Waals surface area (Å²) in [5.41, 5.74) is 2.21. The molecule has 0 radical (unpaired) electrons. The van der Waals surface area contributed by atoms with Gasteiger partial charge in [-0.15, -0.1) is 0 Å². The van der Waals surface area contributed by atoms with Crippen molar-refractivity contribution in [1.82, 2.24) is 5.32 Å². The summed E-state index contributed by atoms with van der Waals surface area (Å²) >= 11 is 0. The second-order valence-corrected chi connectivity index (χ2v) is 5.01. The lowest BCUT2D eigenvalue weighted by Crippen LogP contribution is -2.12. The van der Waals surface area contributed by atoms with E-state index in [2.05, 4.69) is 17.4 Å². The topological polar surface area (TPSA) is 21.3 Å². The van der Waals surface area contributed by atoms with Gasteiger partial charge in [-0.1, -0.05) is 37.3 Å². The number of hydrogen-bond donors (Lipinski definition) is 1. The number of ether oxygens (including phenoxy) is 1. The molecule has 2 aromatic carbocycles. The van der Waals surface area contributed by atoms with Crippen molar-refractivity contribution in [1.29, 1.82) is 0 Å². The summed E-state index contributed by atoms with van der Waals surface area (Å²) in [4.78, 5) is 0. The van der Waals surface area contributed by atoms with E-state index >= 15 is 0 Å². The second kappa shape index (κ2) is 8.42. The summed E-state index contributed by atoms with van der Waals surface area (Å²) in [6.45, 7) is 4.15. The lowest BCUT2D eigenvalue weighted by Gasteiger charge is -2.09. The van der Waals surface area contributed by atoms with Crippen molar-refractivity contribution in [2.24, 2.45) is 0 Å². The normalized spacial score (nSPS) is 10.6. The molecule has 0 aliphatic heterocycles. The van der Waals surface area contributed by atoms with Crippen LogP contribution in [0.3, 0.4) is 0 Å². The van der Waals surface area contributed by atoms with Gasteiger partial charge in [0.05, 0.1) is 6.61 Å². The van der Waals surface area contributed by atoms with Crippen LogP contribution in [0.15, 0.2) is 48.5 Å². The summed E-state index contributed by atoms with van der Waals surface area (Å²) in [5.74, 6) is 0.361. The highest BCUT2D eigenvalue weighted by Crippen LogP contribution is 2.17. The molecule has 0 saturated carbocycles. The van der Waals surface area contributed by atoms with E-state index in [1.807, 2.05) is 31.2 Å². The van der Waals surface area contributed by atoms with Gasteiger partial charge in [0.25, 0.3) is 0 Å². The molecule has 2 rings (SSSR count). The van der Waals surface area contributed by atoms with Crippen molar-refractivity contribution in [3.63, 3.8) is 0 Å². The fourth-order valence-electron chi connectivity index (χ4n) is 2.19. The number of hydrogen-bond acceptors (Lipinski definition) is 2. The van der Waals surface area contributed by atoms with Crippen molar-refractivity contribution >= 4 is 0 Å². The van der Waals surface area contributed by atoms with Gasteiger partial charge >= 0.3 is 0 Å². The molecule has 0 aliphatic rings. The fraction of sp³-hybridized carbons (Fsp3) is 0.333. The second-order valence-electron chi connectivity index (χ2n) is 5.01. The zero-order chi connectivity index (χ0) is 14.9. The molecule has 1 N–H and O–H groups in total. The van der Waals surface area contributed by atoms with E-state index in [1.165, 1.54) is 11.6 Å². The Morgan fingerprint density at radius 3 is 2.62 bits per heavy atom. The highest BCUT2D eigenvalue weighted by Gasteiger charge is 2.02. The third-order valence-electron chi connectivity index (χ3n) is 3.23. The molecule has 112 valence electrons. The summed E-state index contributed by atoms with van der Waals surface area (Å²) in [6, 6.07) is 15.2. The van der Waals surface area contributed by atoms with Crippen LogP contribution < -0.4 is 10.1 Å². The number of nitrogens with one attached hydrogen (secondary N) is 1. The van der Waals surface area contributed by atoms with Crippen LogP contribution in [0.25, 0.3) is 0 Å². The SMILES string of the molecule is CCNCc1cc(F)cc(OCCCc2ccccc2)c1. The third-order valence-corrected chi connectivity index (χ3v) is 3.23. The lowest BCUT2D eigenvalue weighted by molar-refractivity contribution is 0.309. The molecule has 0 aromatic heterocycles. The molecule has 3 heteroatoms. The molecule has 0 bridgehead atoms. The van der Waals surface area contributed by atoms with Gasteiger partial charge in [0, 0.05) is 12.6 Å². The van der Waals surface area contributed by atoms with Gasteiger partial charge in [-0.05, 0) is 42.6 Å². The maximum Gasteiger partial charge on any atom is 0.127 e. The van der Waals surface area contributed by atoms with E-state index in [-0.39, 0.29) is 5.82 Å². The third kappa shape index (κ3) is 5.56. The zero-order valence-corrected chi connectivity index (χ0v) is 12.4. The van der Waals surface area contributed by atoms with Crippen LogP contribution in [0.1, 0.15) is 24.5 Å². The van der Waals surface area contributed by atoms with Crippen molar-refractivity contribution in [3.8, 4) is 5.75 Å². The van der Waals surface area contributed by atoms with Gasteiger partial charge < -0.3 is 10.1 Å². The fourth-order valence-corrected chi connectivity index (χ4v) is 2.19. The first-order valence-corrected chi connectivity index (χ1v) is 7.45. The smallest absolute Gasteiger partial charge is 0.127 e. The van der Waals surface area contributed by atoms with E-state index in [4.69, 9.17) is 4.74 Å². The minimum absolute atomic E-state index is 0.247. The van der Waals surface area contributed by atoms with Crippen LogP contribution in [0.5, 0.6) is 5.75 Å². The molecule has 2 nitrogen and oxygen atoms in total. The van der Waals surface area contributed by atoms with E-state index in [1.54, 1.807) is 6.07 Å². The molecular weight excluding hydrogens is 265 g/mol. The van der Waals surface area contributed by atoms with Gasteiger partial charge in [0.15, 0.2) is 0 Å². The molecule has 0 saturated heterocycles. The molecule has 21 heavy (non-hydrogen) atoms. The predicted molar refractivity (Wildman–Crippen MR) is 84.0 cm³/mol. The van der Waals surface area contributed by atoms with Crippen LogP contribution in [-0.2, 0) is 13.0 Å². The summed E-state index contributed by atoms with van der Waals surface area (Å²) in [5, 5.41) is 3.19. The van der Waals surface area contributed by atoms with E-state index in [9.17, 15) is 4.39 Å². The number of halogens is 1. The van der Waals surface area contributed by atoms with E-state index < -0.39 is 0 Å². The van der Waals surface area contributed by atoms with E-state index in [0.717, 1.165) is 24.9 Å². The minimum atomic E-state index is -0.247. The maximum absolute atomic E-state index is 13.5. The molecular formula is C18H22FNO. The van der Waals surface area contributed by atoms with Crippen molar-refractivity contribution < 1.29 is 9.13 Å². The Hall–Kier alpha value is -1.87. The zero-order valence-electron chi connectivity index (χ0n) is 12.4. The Bertz CT molecular complexity index is 542. The van der Waals surface area contributed by atoms with Crippen LogP contribution >= 0.6 is 0 Å². The lowest BCUT2D eigenvalue weighted by atomic mass is 10.1. The van der Waals surface area contributed by atoms with Crippen molar-refractivity contribution in [2.45, 2.75) is 26.3 Å². The molecule has 0 fully saturated rings. The van der Waals surface area contributed by atoms with Crippen LogP contribution in [0.2, 0.25) is 0 Å². The largest absolute Gasteiger partial charge is 0.493 e. The monoisotopic (exact) mass is 287 g/mol. The summed E-state index contributed by atoms with van der Waals surface area (Å²) in [7, 11) is 0. The van der Waals surface area contributed by atoms with E-state index in [0.29, 0.717) is 18.9 Å². The van der Waals surface area contributed by atoms with Crippen LogP contribution in [0.4, 0.5) is 4.39 Å². The van der Waals surface area contributed by atoms with Gasteiger partial charge in [-0.2, -0.15) is 0 Å². The van der Waals surface area contributed by atoms with Crippen molar-refractivity contribution in [2.75, 3.05) is 13.2 Å². The van der Waals surface area contributed by atoms with Gasteiger partial charge in [-0.3, -0.25) is 0 Å². The van der Waals surface area contributed by atoms with Gasteiger partial charge in [0.2, 0.25) is 0 Å². The molecule has 0 amide bonds. The molecule has 0 heterocycles. The highest BCUT2D eigenvalue weighted by atomic mass is 19.1. The average Bonchev–Trinajstić information content (AvgIpc) is 2.50. The summed E-state index contributed by atoms with van der Waals surface area (Å²) < 4.78 is 19.2. The highest BCUT2D eigenvalue weighted by molar-refractivity contribution is 5.29. The van der Waals surface area contributed by atoms with Gasteiger partial charge in [-0.25, -0.2) is 4.39 Å². The molecule has 0 aliphatic carbocycles. The Morgan fingerprint density at radius 2 is 1.86 bits per heavy atom. The standard InChI is InChI=1S/C18H22FNO/c1-2-20-14-16-11-17(19)13-18(12-16)21-10-6-9-15-7-4-3-5-8-15/h3-5,7-8,11-13,20H,2,6,9-10,14H2,1H3. The first-order chi connectivity index (χ1) is 10.3. The van der Waals surface area contributed by atoms with Crippen LogP contribution in [0, 0.1) is 5.82 Å². The van der Waals surface area contributed by atoms with Gasteiger partial charge in [0.1, 0.15) is 11.6 Å².